The van der Waals surface area contributed by atoms with Gasteiger partial charge in [-0.1, -0.05) is 11.6 Å². The van der Waals surface area contributed by atoms with Crippen molar-refractivity contribution in [1.82, 2.24) is 4.90 Å². The fourth-order valence-corrected chi connectivity index (χ4v) is 3.47. The van der Waals surface area contributed by atoms with Gasteiger partial charge in [-0.05, 0) is 39.8 Å². The van der Waals surface area contributed by atoms with Gasteiger partial charge < -0.3 is 9.47 Å². The van der Waals surface area contributed by atoms with Crippen molar-refractivity contribution in [2.45, 2.75) is 51.8 Å². The highest BCUT2D eigenvalue weighted by Crippen LogP contribution is 2.26. The van der Waals surface area contributed by atoms with E-state index in [0.29, 0.717) is 22.4 Å². The molecule has 1 aromatic rings. The second kappa shape index (κ2) is 7.20. The van der Waals surface area contributed by atoms with E-state index >= 15 is 0 Å². The number of carbonyl (C=O) groups is 2. The molecule has 23 heavy (non-hydrogen) atoms. The van der Waals surface area contributed by atoms with Crippen LogP contribution in [0.3, 0.4) is 0 Å². The largest absolute Gasteiger partial charge is 0.444 e. The number of morpholine rings is 1. The number of ether oxygens (including phenoxy) is 2. The molecule has 1 aliphatic heterocycles. The van der Waals surface area contributed by atoms with Gasteiger partial charge in [-0.2, -0.15) is 0 Å². The fraction of sp³-hybridized carbons (Fsp3) is 0.625. The minimum Gasteiger partial charge on any atom is -0.444 e. The van der Waals surface area contributed by atoms with E-state index in [-0.39, 0.29) is 24.3 Å². The summed E-state index contributed by atoms with van der Waals surface area (Å²) in [5.41, 5.74) is -0.578. The molecular formula is C16H22ClNO4S. The van der Waals surface area contributed by atoms with Crippen LogP contribution in [0.5, 0.6) is 0 Å². The molecule has 0 radical (unpaired) electrons. The first kappa shape index (κ1) is 18.2. The topological polar surface area (TPSA) is 55.8 Å². The number of hydrogen-bond acceptors (Lipinski definition) is 5. The third-order valence-electron chi connectivity index (χ3n) is 3.41. The maximum absolute atomic E-state index is 12.5. The maximum atomic E-state index is 12.5. The predicted octanol–water partition coefficient (Wildman–Crippen LogP) is 4.00. The lowest BCUT2D eigenvalue weighted by Gasteiger charge is -2.40. The number of Topliss-reactive ketones (excluding diaryl/α,β-unsaturated/α-hetero) is 1. The maximum Gasteiger partial charge on any atom is 0.410 e. The summed E-state index contributed by atoms with van der Waals surface area (Å²) in [6, 6.07) is 2.94. The van der Waals surface area contributed by atoms with Gasteiger partial charge >= 0.3 is 6.09 Å². The number of carbonyl (C=O) groups excluding carboxylic acids is 2. The number of rotatable bonds is 3. The highest BCUT2D eigenvalue weighted by molar-refractivity contribution is 7.18. The Hall–Kier alpha value is -1.11. The third-order valence-corrected chi connectivity index (χ3v) is 4.68. The first-order valence-electron chi connectivity index (χ1n) is 7.55. The molecule has 1 amide bonds. The average molecular weight is 360 g/mol. The van der Waals surface area contributed by atoms with Crippen molar-refractivity contribution in [2.75, 3.05) is 13.2 Å². The summed E-state index contributed by atoms with van der Waals surface area (Å²) in [7, 11) is 0. The van der Waals surface area contributed by atoms with Gasteiger partial charge in [0.1, 0.15) is 5.60 Å². The molecule has 0 spiro atoms. The minimum absolute atomic E-state index is 0.0434. The van der Waals surface area contributed by atoms with Gasteiger partial charge in [0.25, 0.3) is 0 Å². The number of amides is 1. The zero-order valence-electron chi connectivity index (χ0n) is 13.8. The van der Waals surface area contributed by atoms with Crippen molar-refractivity contribution in [3.8, 4) is 0 Å². The molecule has 5 nitrogen and oxygen atoms in total. The van der Waals surface area contributed by atoms with Crippen LogP contribution in [-0.2, 0) is 9.47 Å². The molecule has 2 atom stereocenters. The summed E-state index contributed by atoms with van der Waals surface area (Å²) in [5, 5.41) is 0. The van der Waals surface area contributed by atoms with Gasteiger partial charge in [0, 0.05) is 6.42 Å². The van der Waals surface area contributed by atoms with E-state index in [1.165, 1.54) is 11.3 Å². The summed E-state index contributed by atoms with van der Waals surface area (Å²) in [6.07, 6.45) is -0.212. The van der Waals surface area contributed by atoms with Crippen molar-refractivity contribution >= 4 is 34.8 Å². The average Bonchev–Trinajstić information content (AvgIpc) is 2.83. The molecule has 128 valence electrons. The van der Waals surface area contributed by atoms with E-state index in [1.807, 2.05) is 27.7 Å². The second-order valence-electron chi connectivity index (χ2n) is 6.66. The molecule has 2 heterocycles. The minimum atomic E-state index is -0.578. The molecule has 1 saturated heterocycles. The van der Waals surface area contributed by atoms with Crippen LogP contribution in [0.2, 0.25) is 4.34 Å². The Kier molecular flexibility index (Phi) is 5.70. The number of hydrogen-bond donors (Lipinski definition) is 0. The molecular weight excluding hydrogens is 338 g/mol. The summed E-state index contributed by atoms with van der Waals surface area (Å²) >= 11 is 7.12. The van der Waals surface area contributed by atoms with Gasteiger partial charge in [0.05, 0.1) is 34.5 Å². The van der Waals surface area contributed by atoms with E-state index in [9.17, 15) is 9.59 Å². The lowest BCUT2D eigenvalue weighted by atomic mass is 10.1. The van der Waals surface area contributed by atoms with Crippen molar-refractivity contribution in [3.05, 3.63) is 21.3 Å². The number of ketones is 1. The van der Waals surface area contributed by atoms with Crippen LogP contribution in [0.15, 0.2) is 12.1 Å². The fourth-order valence-electron chi connectivity index (χ4n) is 2.47. The van der Waals surface area contributed by atoms with Crippen LogP contribution < -0.4 is 0 Å². The Balaban J connectivity index is 2.10. The predicted molar refractivity (Wildman–Crippen MR) is 90.4 cm³/mol. The van der Waals surface area contributed by atoms with Gasteiger partial charge in [-0.25, -0.2) is 4.79 Å². The van der Waals surface area contributed by atoms with Crippen molar-refractivity contribution < 1.29 is 19.1 Å². The van der Waals surface area contributed by atoms with E-state index in [4.69, 9.17) is 21.1 Å². The van der Waals surface area contributed by atoms with E-state index in [0.717, 1.165) is 0 Å². The van der Waals surface area contributed by atoms with Gasteiger partial charge in [0.2, 0.25) is 0 Å². The van der Waals surface area contributed by atoms with Crippen LogP contribution in [0.4, 0.5) is 4.79 Å². The number of halogens is 1. The van der Waals surface area contributed by atoms with Crippen LogP contribution >= 0.6 is 22.9 Å². The van der Waals surface area contributed by atoms with E-state index in [2.05, 4.69) is 0 Å². The van der Waals surface area contributed by atoms with Crippen molar-refractivity contribution in [2.24, 2.45) is 0 Å². The molecule has 1 aliphatic rings. The molecule has 7 heteroatoms. The Morgan fingerprint density at radius 2 is 2.09 bits per heavy atom. The van der Waals surface area contributed by atoms with E-state index < -0.39 is 11.7 Å². The quantitative estimate of drug-likeness (QED) is 0.765. The van der Waals surface area contributed by atoms with Crippen LogP contribution in [0.25, 0.3) is 0 Å². The van der Waals surface area contributed by atoms with Gasteiger partial charge in [-0.3, -0.25) is 9.69 Å². The highest BCUT2D eigenvalue weighted by Gasteiger charge is 2.36. The zero-order chi connectivity index (χ0) is 17.2. The first-order valence-corrected chi connectivity index (χ1v) is 8.74. The molecule has 0 saturated carbocycles. The SMILES string of the molecule is CC1COCC(CC(=O)c2ccc(Cl)s2)N1C(=O)OC(C)(C)C. The molecule has 2 unspecified atom stereocenters. The summed E-state index contributed by atoms with van der Waals surface area (Å²) in [4.78, 5) is 27.1. The van der Waals surface area contributed by atoms with Gasteiger partial charge in [0.15, 0.2) is 5.78 Å². The molecule has 2 rings (SSSR count). The Morgan fingerprint density at radius 3 is 2.65 bits per heavy atom. The van der Waals surface area contributed by atoms with E-state index in [1.54, 1.807) is 17.0 Å². The molecule has 1 fully saturated rings. The zero-order valence-corrected chi connectivity index (χ0v) is 15.4. The second-order valence-corrected chi connectivity index (χ2v) is 8.37. The molecule has 0 N–H and O–H groups in total. The van der Waals surface area contributed by atoms with Crippen LogP contribution in [0, 0.1) is 0 Å². The number of nitrogens with zero attached hydrogens (tertiary/aromatic N) is 1. The highest BCUT2D eigenvalue weighted by atomic mass is 35.5. The summed E-state index contributed by atoms with van der Waals surface area (Å²) in [5.74, 6) is -0.0434. The van der Waals surface area contributed by atoms with Crippen LogP contribution in [0.1, 0.15) is 43.8 Å². The monoisotopic (exact) mass is 359 g/mol. The standard InChI is InChI=1S/C16H22ClNO4S/c1-10-8-21-9-11(18(10)15(20)22-16(2,3)4)7-12(19)13-5-6-14(17)23-13/h5-6,10-11H,7-9H2,1-4H3. The smallest absolute Gasteiger partial charge is 0.410 e. The van der Waals surface area contributed by atoms with Crippen molar-refractivity contribution in [3.63, 3.8) is 0 Å². The summed E-state index contributed by atoms with van der Waals surface area (Å²) < 4.78 is 11.6. The molecule has 0 bridgehead atoms. The third kappa shape index (κ3) is 4.93. The van der Waals surface area contributed by atoms with Gasteiger partial charge in [-0.15, -0.1) is 11.3 Å². The molecule has 1 aromatic heterocycles. The lowest BCUT2D eigenvalue weighted by molar-refractivity contribution is -0.0558. The molecule has 0 aromatic carbocycles. The molecule has 0 aliphatic carbocycles. The first-order chi connectivity index (χ1) is 10.7. The normalized spacial score (nSPS) is 22.0. The Bertz CT molecular complexity index is 581. The number of thiophene rings is 1. The van der Waals surface area contributed by atoms with Crippen LogP contribution in [-0.4, -0.2) is 47.7 Å². The Morgan fingerprint density at radius 1 is 1.39 bits per heavy atom. The Labute approximate surface area is 145 Å². The summed E-state index contributed by atoms with van der Waals surface area (Å²) in [6.45, 7) is 8.13. The lowest BCUT2D eigenvalue weighted by Crippen LogP contribution is -2.55. The van der Waals surface area contributed by atoms with Crippen molar-refractivity contribution in [1.29, 1.82) is 0 Å².